The number of amidine groups is 1. The number of rotatable bonds is 4. The summed E-state index contributed by atoms with van der Waals surface area (Å²) in [6.07, 6.45) is 0. The Morgan fingerprint density at radius 3 is 2.45 bits per heavy atom. The molecular weight excluding hydrogens is 335 g/mol. The molecule has 0 aromatic heterocycles. The Bertz CT molecular complexity index is 659. The first kappa shape index (κ1) is 15.5. The highest BCUT2D eigenvalue weighted by molar-refractivity contribution is 7.98. The van der Waals surface area contributed by atoms with Gasteiger partial charge in [0.1, 0.15) is 5.84 Å². The zero-order valence-electron chi connectivity index (χ0n) is 10.3. The molecule has 0 bridgehead atoms. The predicted octanol–water partition coefficient (Wildman–Crippen LogP) is 5.22. The van der Waals surface area contributed by atoms with Crippen LogP contribution in [0.5, 0.6) is 0 Å². The minimum Gasteiger partial charge on any atom is -0.384 e. The van der Waals surface area contributed by atoms with Gasteiger partial charge in [0.05, 0.1) is 5.02 Å². The number of nitrogens with two attached hydrogens (primary N) is 1. The van der Waals surface area contributed by atoms with Gasteiger partial charge in [0.25, 0.3) is 0 Å². The van der Waals surface area contributed by atoms with Crippen molar-refractivity contribution in [2.75, 3.05) is 0 Å². The lowest BCUT2D eigenvalue weighted by Crippen LogP contribution is -2.10. The molecule has 0 amide bonds. The maximum absolute atomic E-state index is 7.37. The van der Waals surface area contributed by atoms with E-state index in [4.69, 9.17) is 45.9 Å². The second-order valence-electron chi connectivity index (χ2n) is 4.08. The average molecular weight is 346 g/mol. The lowest BCUT2D eigenvalue weighted by Gasteiger charge is -2.08. The van der Waals surface area contributed by atoms with E-state index in [0.717, 1.165) is 10.5 Å². The molecule has 0 spiro atoms. The van der Waals surface area contributed by atoms with Gasteiger partial charge < -0.3 is 5.73 Å². The third-order valence-electron chi connectivity index (χ3n) is 2.64. The standard InChI is InChI=1S/C14H11Cl3N2S/c15-10-3-4-11(16)13(6-10)20-7-9-2-1-8(14(18)19)5-12(9)17/h1-6H,7H2,(H3,18,19). The lowest BCUT2D eigenvalue weighted by molar-refractivity contribution is 1.36. The molecular formula is C14H11Cl3N2S. The number of hydrogen-bond acceptors (Lipinski definition) is 2. The third-order valence-corrected chi connectivity index (χ3v) is 4.77. The summed E-state index contributed by atoms with van der Waals surface area (Å²) in [5.41, 5.74) is 6.99. The number of benzene rings is 2. The van der Waals surface area contributed by atoms with Crippen molar-refractivity contribution < 1.29 is 0 Å². The van der Waals surface area contributed by atoms with Gasteiger partial charge in [-0.2, -0.15) is 0 Å². The number of thioether (sulfide) groups is 1. The molecule has 2 aromatic carbocycles. The molecule has 0 saturated carbocycles. The Labute approximate surface area is 136 Å². The minimum absolute atomic E-state index is 0.00369. The Morgan fingerprint density at radius 1 is 1.05 bits per heavy atom. The molecule has 2 rings (SSSR count). The summed E-state index contributed by atoms with van der Waals surface area (Å²) in [4.78, 5) is 0.908. The van der Waals surface area contributed by atoms with Gasteiger partial charge in [-0.1, -0.05) is 46.9 Å². The summed E-state index contributed by atoms with van der Waals surface area (Å²) < 4.78 is 0. The summed E-state index contributed by atoms with van der Waals surface area (Å²) in [6, 6.07) is 10.7. The zero-order valence-corrected chi connectivity index (χ0v) is 13.4. The maximum atomic E-state index is 7.37. The second kappa shape index (κ2) is 6.72. The molecule has 0 fully saturated rings. The van der Waals surface area contributed by atoms with Gasteiger partial charge in [-0.15, -0.1) is 11.8 Å². The van der Waals surface area contributed by atoms with E-state index in [1.54, 1.807) is 36.0 Å². The average Bonchev–Trinajstić information content (AvgIpc) is 2.40. The van der Waals surface area contributed by atoms with Gasteiger partial charge in [0.15, 0.2) is 0 Å². The zero-order chi connectivity index (χ0) is 14.7. The van der Waals surface area contributed by atoms with Crippen LogP contribution >= 0.6 is 46.6 Å². The molecule has 0 atom stereocenters. The first-order valence-electron chi connectivity index (χ1n) is 5.68. The van der Waals surface area contributed by atoms with Crippen LogP contribution < -0.4 is 5.73 Å². The second-order valence-corrected chi connectivity index (χ2v) is 6.35. The van der Waals surface area contributed by atoms with E-state index in [9.17, 15) is 0 Å². The summed E-state index contributed by atoms with van der Waals surface area (Å²) in [7, 11) is 0. The van der Waals surface area contributed by atoms with Crippen LogP contribution in [0, 0.1) is 5.41 Å². The molecule has 0 heterocycles. The SMILES string of the molecule is N=C(N)c1ccc(CSc2cc(Cl)ccc2Cl)c(Cl)c1. The highest BCUT2D eigenvalue weighted by Crippen LogP contribution is 2.33. The maximum Gasteiger partial charge on any atom is 0.122 e. The van der Waals surface area contributed by atoms with Crippen LogP contribution in [0.4, 0.5) is 0 Å². The molecule has 20 heavy (non-hydrogen) atoms. The van der Waals surface area contributed by atoms with Crippen LogP contribution in [0.15, 0.2) is 41.3 Å². The fourth-order valence-corrected chi connectivity index (χ4v) is 3.40. The highest BCUT2D eigenvalue weighted by atomic mass is 35.5. The first-order chi connectivity index (χ1) is 9.47. The van der Waals surface area contributed by atoms with E-state index in [2.05, 4.69) is 0 Å². The monoisotopic (exact) mass is 344 g/mol. The molecule has 0 aliphatic rings. The van der Waals surface area contributed by atoms with Gasteiger partial charge in [0, 0.05) is 26.3 Å². The van der Waals surface area contributed by atoms with Crippen molar-refractivity contribution in [2.24, 2.45) is 5.73 Å². The van der Waals surface area contributed by atoms with E-state index >= 15 is 0 Å². The molecule has 0 unspecified atom stereocenters. The molecule has 3 N–H and O–H groups in total. The Morgan fingerprint density at radius 2 is 1.80 bits per heavy atom. The Balaban J connectivity index is 2.15. The van der Waals surface area contributed by atoms with Crippen LogP contribution in [0.25, 0.3) is 0 Å². The van der Waals surface area contributed by atoms with Crippen molar-refractivity contribution >= 4 is 52.4 Å². The number of nitrogen functional groups attached to an aromatic ring is 1. The quantitative estimate of drug-likeness (QED) is 0.453. The van der Waals surface area contributed by atoms with Gasteiger partial charge in [-0.25, -0.2) is 0 Å². The smallest absolute Gasteiger partial charge is 0.122 e. The van der Waals surface area contributed by atoms with Crippen LogP contribution in [0.3, 0.4) is 0 Å². The van der Waals surface area contributed by atoms with Crippen LogP contribution in [0.2, 0.25) is 15.1 Å². The largest absolute Gasteiger partial charge is 0.384 e. The summed E-state index contributed by atoms with van der Waals surface area (Å²) in [6.45, 7) is 0. The highest BCUT2D eigenvalue weighted by Gasteiger charge is 2.07. The summed E-state index contributed by atoms with van der Waals surface area (Å²) >= 11 is 19.8. The van der Waals surface area contributed by atoms with Crippen molar-refractivity contribution in [1.29, 1.82) is 5.41 Å². The van der Waals surface area contributed by atoms with Crippen LogP contribution in [0.1, 0.15) is 11.1 Å². The van der Waals surface area contributed by atoms with Crippen molar-refractivity contribution in [3.63, 3.8) is 0 Å². The van der Waals surface area contributed by atoms with Crippen molar-refractivity contribution in [2.45, 2.75) is 10.6 Å². The van der Waals surface area contributed by atoms with Gasteiger partial charge >= 0.3 is 0 Å². The molecule has 0 aliphatic carbocycles. The van der Waals surface area contributed by atoms with E-state index in [1.165, 1.54) is 0 Å². The van der Waals surface area contributed by atoms with Crippen LogP contribution in [-0.4, -0.2) is 5.84 Å². The topological polar surface area (TPSA) is 49.9 Å². The molecule has 0 radical (unpaired) electrons. The fraction of sp³-hybridized carbons (Fsp3) is 0.0714. The Kier molecular flexibility index (Phi) is 5.22. The van der Waals surface area contributed by atoms with Crippen molar-refractivity contribution in [1.82, 2.24) is 0 Å². The van der Waals surface area contributed by atoms with E-state index < -0.39 is 0 Å². The van der Waals surface area contributed by atoms with Crippen molar-refractivity contribution in [3.05, 3.63) is 62.6 Å². The Hall–Kier alpha value is -0.870. The minimum atomic E-state index is 0.00369. The number of halogens is 3. The molecule has 104 valence electrons. The van der Waals surface area contributed by atoms with E-state index in [-0.39, 0.29) is 5.84 Å². The molecule has 0 aliphatic heterocycles. The molecule has 2 aromatic rings. The normalized spacial score (nSPS) is 10.6. The van der Waals surface area contributed by atoms with Crippen LogP contribution in [-0.2, 0) is 5.75 Å². The molecule has 6 heteroatoms. The number of hydrogen-bond donors (Lipinski definition) is 2. The fourth-order valence-electron chi connectivity index (χ4n) is 1.58. The van der Waals surface area contributed by atoms with Gasteiger partial charge in [0.2, 0.25) is 0 Å². The summed E-state index contributed by atoms with van der Waals surface area (Å²) in [5.74, 6) is 0.667. The van der Waals surface area contributed by atoms with Gasteiger partial charge in [-0.3, -0.25) is 5.41 Å². The van der Waals surface area contributed by atoms with Gasteiger partial charge in [-0.05, 0) is 29.8 Å². The first-order valence-corrected chi connectivity index (χ1v) is 7.80. The lowest BCUT2D eigenvalue weighted by atomic mass is 10.1. The third kappa shape index (κ3) is 3.83. The number of nitrogens with one attached hydrogen (secondary N) is 1. The molecule has 0 saturated heterocycles. The van der Waals surface area contributed by atoms with E-state index in [1.807, 2.05) is 12.1 Å². The van der Waals surface area contributed by atoms with E-state index in [0.29, 0.717) is 26.4 Å². The van der Waals surface area contributed by atoms with Crippen molar-refractivity contribution in [3.8, 4) is 0 Å². The predicted molar refractivity (Wildman–Crippen MR) is 88.5 cm³/mol. The molecule has 2 nitrogen and oxygen atoms in total. The summed E-state index contributed by atoms with van der Waals surface area (Å²) in [5, 5.41) is 9.27.